The van der Waals surface area contributed by atoms with E-state index in [1.165, 1.54) is 0 Å². The van der Waals surface area contributed by atoms with Crippen molar-refractivity contribution in [3.8, 4) is 11.8 Å². The minimum absolute atomic E-state index is 0.284. The van der Waals surface area contributed by atoms with Gasteiger partial charge in [-0.1, -0.05) is 6.07 Å². The number of rotatable bonds is 4. The van der Waals surface area contributed by atoms with Gasteiger partial charge in [0.2, 0.25) is 11.8 Å². The Morgan fingerprint density at radius 3 is 2.76 bits per heavy atom. The average molecular weight is 283 g/mol. The lowest BCUT2D eigenvalue weighted by Gasteiger charge is -2.09. The minimum Gasteiger partial charge on any atom is -0.481 e. The van der Waals surface area contributed by atoms with Crippen molar-refractivity contribution in [2.24, 2.45) is 4.90 Å². The van der Waals surface area contributed by atoms with E-state index in [9.17, 15) is 0 Å². The molecule has 0 atom stereocenters. The molecule has 2 aromatic rings. The van der Waals surface area contributed by atoms with E-state index >= 15 is 0 Å². The summed E-state index contributed by atoms with van der Waals surface area (Å²) >= 11 is 0. The summed E-state index contributed by atoms with van der Waals surface area (Å²) in [4.78, 5) is 12.9. The molecule has 0 aromatic carbocycles. The number of ether oxygens (including phenoxy) is 2. The van der Waals surface area contributed by atoms with Crippen LogP contribution in [0, 0.1) is 0 Å². The number of hydrogen-bond donors (Lipinski definition) is 2. The maximum atomic E-state index is 5.30. The highest BCUT2D eigenvalue weighted by molar-refractivity contribution is 6.72. The Morgan fingerprint density at radius 1 is 1.14 bits per heavy atom. The number of hydrazine groups is 1. The summed E-state index contributed by atoms with van der Waals surface area (Å²) in [6, 6.07) is 7.45. The molecule has 0 saturated carbocycles. The predicted molar refractivity (Wildman–Crippen MR) is 79.8 cm³/mol. The van der Waals surface area contributed by atoms with E-state index in [0.29, 0.717) is 11.8 Å². The van der Waals surface area contributed by atoms with Crippen LogP contribution in [0.1, 0.15) is 5.56 Å². The van der Waals surface area contributed by atoms with Crippen molar-refractivity contribution in [2.75, 3.05) is 14.2 Å². The SMILES string of the molecule is COc1ccc(B2N=C(c3cccnc3)NN2)c(OC)n1. The lowest BCUT2D eigenvalue weighted by Crippen LogP contribution is -2.46. The molecule has 8 heteroatoms. The fourth-order valence-corrected chi connectivity index (χ4v) is 2.05. The highest BCUT2D eigenvalue weighted by Crippen LogP contribution is 2.12. The smallest absolute Gasteiger partial charge is 0.420 e. The van der Waals surface area contributed by atoms with Gasteiger partial charge in [-0.25, -0.2) is 5.34 Å². The van der Waals surface area contributed by atoms with Gasteiger partial charge in [-0.15, -0.1) is 0 Å². The van der Waals surface area contributed by atoms with Crippen LogP contribution in [0.2, 0.25) is 0 Å². The van der Waals surface area contributed by atoms with E-state index in [1.807, 2.05) is 18.2 Å². The van der Waals surface area contributed by atoms with Crippen LogP contribution < -0.4 is 25.7 Å². The Kier molecular flexibility index (Phi) is 3.70. The van der Waals surface area contributed by atoms with Gasteiger partial charge in [0.1, 0.15) is 5.84 Å². The van der Waals surface area contributed by atoms with Crippen molar-refractivity contribution in [2.45, 2.75) is 0 Å². The number of aromatic nitrogens is 2. The molecule has 0 aliphatic carbocycles. The summed E-state index contributed by atoms with van der Waals surface area (Å²) in [5.74, 6) is 1.70. The molecule has 0 radical (unpaired) electrons. The maximum absolute atomic E-state index is 5.30. The molecular formula is C13H14BN5O2. The van der Waals surface area contributed by atoms with Crippen molar-refractivity contribution >= 4 is 18.3 Å². The standard InChI is InChI=1S/C13H14BN5O2/c1-20-11-6-5-10(13(16-11)21-2)14-17-12(18-19-14)9-4-3-7-15-8-9/h3-8,19H,1-2H3,(H,17,18). The van der Waals surface area contributed by atoms with Crippen LogP contribution in [0.25, 0.3) is 0 Å². The normalized spacial score (nSPS) is 13.6. The van der Waals surface area contributed by atoms with Gasteiger partial charge in [0.15, 0.2) is 0 Å². The molecule has 0 spiro atoms. The van der Waals surface area contributed by atoms with Gasteiger partial charge >= 0.3 is 6.98 Å². The molecule has 21 heavy (non-hydrogen) atoms. The zero-order valence-electron chi connectivity index (χ0n) is 11.7. The molecule has 0 unspecified atom stereocenters. The number of methoxy groups -OCH3 is 2. The Balaban J connectivity index is 1.90. The van der Waals surface area contributed by atoms with Crippen molar-refractivity contribution in [3.05, 3.63) is 42.2 Å². The number of pyridine rings is 2. The van der Waals surface area contributed by atoms with Crippen LogP contribution in [-0.4, -0.2) is 37.0 Å². The second kappa shape index (κ2) is 5.80. The van der Waals surface area contributed by atoms with Crippen LogP contribution in [0.15, 0.2) is 41.6 Å². The van der Waals surface area contributed by atoms with Crippen LogP contribution in [0.5, 0.6) is 11.8 Å². The molecule has 3 heterocycles. The molecule has 2 N–H and O–H groups in total. The van der Waals surface area contributed by atoms with Gasteiger partial charge in [0.25, 0.3) is 0 Å². The van der Waals surface area contributed by atoms with Crippen molar-refractivity contribution < 1.29 is 9.47 Å². The maximum Gasteiger partial charge on any atom is 0.420 e. The fourth-order valence-electron chi connectivity index (χ4n) is 2.05. The lowest BCUT2D eigenvalue weighted by atomic mass is 9.71. The third-order valence-corrected chi connectivity index (χ3v) is 3.08. The van der Waals surface area contributed by atoms with E-state index in [-0.39, 0.29) is 6.98 Å². The molecule has 0 bridgehead atoms. The number of nitrogens with one attached hydrogen (secondary N) is 2. The van der Waals surface area contributed by atoms with E-state index in [1.54, 1.807) is 32.7 Å². The highest BCUT2D eigenvalue weighted by Gasteiger charge is 2.28. The fraction of sp³-hybridized carbons (Fsp3) is 0.154. The zero-order valence-corrected chi connectivity index (χ0v) is 11.7. The van der Waals surface area contributed by atoms with Crippen LogP contribution >= 0.6 is 0 Å². The average Bonchev–Trinajstić information content (AvgIpc) is 3.04. The Morgan fingerprint density at radius 2 is 2.05 bits per heavy atom. The van der Waals surface area contributed by atoms with Gasteiger partial charge in [-0.3, -0.25) is 9.89 Å². The molecular weight excluding hydrogens is 269 g/mol. The largest absolute Gasteiger partial charge is 0.481 e. The van der Waals surface area contributed by atoms with Gasteiger partial charge in [-0.2, -0.15) is 4.98 Å². The summed E-state index contributed by atoms with van der Waals surface area (Å²) in [6.07, 6.45) is 3.47. The summed E-state index contributed by atoms with van der Waals surface area (Å²) < 4.78 is 10.4. The summed E-state index contributed by atoms with van der Waals surface area (Å²) in [5, 5.41) is 3.09. The topological polar surface area (TPSA) is 80.7 Å². The number of hydrogen-bond acceptors (Lipinski definition) is 7. The lowest BCUT2D eigenvalue weighted by molar-refractivity contribution is 0.367. The quantitative estimate of drug-likeness (QED) is 0.753. The van der Waals surface area contributed by atoms with E-state index in [2.05, 4.69) is 25.6 Å². The Bertz CT molecular complexity index is 665. The monoisotopic (exact) mass is 283 g/mol. The van der Waals surface area contributed by atoms with Gasteiger partial charge in [-0.05, 0) is 12.1 Å². The Labute approximate surface area is 122 Å². The van der Waals surface area contributed by atoms with Gasteiger partial charge in [0, 0.05) is 29.5 Å². The van der Waals surface area contributed by atoms with Crippen LogP contribution in [0.4, 0.5) is 0 Å². The van der Waals surface area contributed by atoms with Crippen molar-refractivity contribution in [1.82, 2.24) is 20.7 Å². The summed E-state index contributed by atoms with van der Waals surface area (Å²) in [6.45, 7) is -0.284. The van der Waals surface area contributed by atoms with Gasteiger partial charge < -0.3 is 14.9 Å². The second-order valence-corrected chi connectivity index (χ2v) is 4.34. The third-order valence-electron chi connectivity index (χ3n) is 3.08. The van der Waals surface area contributed by atoms with Crippen LogP contribution in [0.3, 0.4) is 0 Å². The van der Waals surface area contributed by atoms with Crippen molar-refractivity contribution in [1.29, 1.82) is 0 Å². The number of amidine groups is 1. The molecule has 0 amide bonds. The van der Waals surface area contributed by atoms with E-state index in [0.717, 1.165) is 16.9 Å². The summed E-state index contributed by atoms with van der Waals surface area (Å²) in [5.41, 5.74) is 4.78. The first-order valence-corrected chi connectivity index (χ1v) is 6.40. The minimum atomic E-state index is -0.284. The third kappa shape index (κ3) is 2.66. The molecule has 0 saturated heterocycles. The predicted octanol–water partition coefficient (Wildman–Crippen LogP) is -0.256. The molecule has 0 fully saturated rings. The molecule has 1 aliphatic rings. The highest BCUT2D eigenvalue weighted by atomic mass is 16.5. The van der Waals surface area contributed by atoms with Crippen molar-refractivity contribution in [3.63, 3.8) is 0 Å². The van der Waals surface area contributed by atoms with Gasteiger partial charge in [0.05, 0.1) is 14.2 Å². The molecule has 1 aliphatic heterocycles. The zero-order chi connectivity index (χ0) is 14.7. The van der Waals surface area contributed by atoms with E-state index < -0.39 is 0 Å². The van der Waals surface area contributed by atoms with Crippen LogP contribution in [-0.2, 0) is 0 Å². The first-order valence-electron chi connectivity index (χ1n) is 6.40. The molecule has 3 rings (SSSR count). The first-order chi connectivity index (χ1) is 10.3. The number of nitrogens with zero attached hydrogens (tertiary/aromatic N) is 3. The summed E-state index contributed by atoms with van der Waals surface area (Å²) in [7, 11) is 3.13. The second-order valence-electron chi connectivity index (χ2n) is 4.34. The molecule has 7 nitrogen and oxygen atoms in total. The Hall–Kier alpha value is -2.61. The first kappa shape index (κ1) is 13.4. The molecule has 106 valence electrons. The van der Waals surface area contributed by atoms with E-state index in [4.69, 9.17) is 9.47 Å². The molecule has 2 aromatic heterocycles.